The van der Waals surface area contributed by atoms with Crippen molar-refractivity contribution in [2.45, 2.75) is 83.8 Å². The van der Waals surface area contributed by atoms with E-state index in [9.17, 15) is 4.79 Å². The molecule has 0 aromatic carbocycles. The largest absolute Gasteiger partial charge is 0.445 e. The molecular weight excluding hydrogens is 226 g/mol. The standard InChI is InChI=1S/C15H28NO2/c1-2-3-4-5-6-7-8-12-15(17)18-14-11-9-10-13-16-14/h14H,2-13H2,1H3. The third-order valence-corrected chi connectivity index (χ3v) is 3.44. The summed E-state index contributed by atoms with van der Waals surface area (Å²) in [5.74, 6) is -0.0563. The molecule has 0 amide bonds. The van der Waals surface area contributed by atoms with E-state index in [1.165, 1.54) is 32.1 Å². The van der Waals surface area contributed by atoms with E-state index in [0.717, 1.165) is 38.6 Å². The molecule has 105 valence electrons. The lowest BCUT2D eigenvalue weighted by Gasteiger charge is -2.21. The Kier molecular flexibility index (Phi) is 8.92. The van der Waals surface area contributed by atoms with Gasteiger partial charge in [-0.05, 0) is 25.7 Å². The molecule has 1 aliphatic rings. The van der Waals surface area contributed by atoms with Crippen LogP contribution in [0, 0.1) is 0 Å². The first kappa shape index (κ1) is 15.5. The third-order valence-electron chi connectivity index (χ3n) is 3.44. The lowest BCUT2D eigenvalue weighted by molar-refractivity contribution is -0.152. The van der Waals surface area contributed by atoms with Gasteiger partial charge in [-0.3, -0.25) is 4.79 Å². The summed E-state index contributed by atoms with van der Waals surface area (Å²) in [6, 6.07) is 0. The van der Waals surface area contributed by atoms with Crippen molar-refractivity contribution in [3.05, 3.63) is 0 Å². The van der Waals surface area contributed by atoms with Crippen molar-refractivity contribution in [3.8, 4) is 0 Å². The fourth-order valence-electron chi connectivity index (χ4n) is 2.29. The van der Waals surface area contributed by atoms with Crippen molar-refractivity contribution in [1.29, 1.82) is 0 Å². The molecule has 3 nitrogen and oxygen atoms in total. The number of rotatable bonds is 9. The number of esters is 1. The average molecular weight is 254 g/mol. The van der Waals surface area contributed by atoms with Crippen LogP contribution in [0.3, 0.4) is 0 Å². The summed E-state index contributed by atoms with van der Waals surface area (Å²) in [4.78, 5) is 11.6. The minimum Gasteiger partial charge on any atom is -0.445 e. The predicted molar refractivity (Wildman–Crippen MR) is 73.3 cm³/mol. The van der Waals surface area contributed by atoms with Crippen LogP contribution >= 0.6 is 0 Å². The maximum Gasteiger partial charge on any atom is 0.307 e. The molecular formula is C15H28NO2. The van der Waals surface area contributed by atoms with Gasteiger partial charge in [0.05, 0.1) is 0 Å². The van der Waals surface area contributed by atoms with E-state index in [4.69, 9.17) is 4.74 Å². The molecule has 1 radical (unpaired) electrons. The number of unbranched alkanes of at least 4 members (excludes halogenated alkanes) is 6. The minimum absolute atomic E-state index is 0.0563. The SMILES string of the molecule is CCCCCCCCCC(=O)OC1CCCC[N]1. The van der Waals surface area contributed by atoms with Gasteiger partial charge < -0.3 is 4.74 Å². The average Bonchev–Trinajstić information content (AvgIpc) is 2.39. The Balaban J connectivity index is 1.90. The molecule has 0 N–H and O–H groups in total. The maximum absolute atomic E-state index is 11.6. The van der Waals surface area contributed by atoms with E-state index in [2.05, 4.69) is 12.2 Å². The van der Waals surface area contributed by atoms with Gasteiger partial charge in [0.15, 0.2) is 6.23 Å². The number of carbonyl (C=O) groups excluding carboxylic acids is 1. The quantitative estimate of drug-likeness (QED) is 0.464. The molecule has 0 aliphatic carbocycles. The van der Waals surface area contributed by atoms with Gasteiger partial charge in [0, 0.05) is 13.0 Å². The molecule has 1 fully saturated rings. The molecule has 18 heavy (non-hydrogen) atoms. The monoisotopic (exact) mass is 254 g/mol. The first-order valence-electron chi connectivity index (χ1n) is 7.69. The summed E-state index contributed by atoms with van der Waals surface area (Å²) in [7, 11) is 0. The van der Waals surface area contributed by atoms with Crippen LogP contribution in [0.2, 0.25) is 0 Å². The van der Waals surface area contributed by atoms with Gasteiger partial charge in [-0.2, -0.15) is 0 Å². The summed E-state index contributed by atoms with van der Waals surface area (Å²) in [5, 5.41) is 4.30. The number of carbonyl (C=O) groups is 1. The number of nitrogens with zero attached hydrogens (tertiary/aromatic N) is 1. The van der Waals surface area contributed by atoms with Crippen LogP contribution in [-0.2, 0) is 9.53 Å². The Morgan fingerprint density at radius 2 is 1.83 bits per heavy atom. The number of hydrogen-bond acceptors (Lipinski definition) is 2. The van der Waals surface area contributed by atoms with E-state index in [1.807, 2.05) is 0 Å². The van der Waals surface area contributed by atoms with E-state index >= 15 is 0 Å². The number of piperidine rings is 1. The van der Waals surface area contributed by atoms with Crippen molar-refractivity contribution in [2.24, 2.45) is 0 Å². The van der Waals surface area contributed by atoms with Crippen LogP contribution < -0.4 is 5.32 Å². The smallest absolute Gasteiger partial charge is 0.307 e. The Morgan fingerprint density at radius 3 is 2.50 bits per heavy atom. The van der Waals surface area contributed by atoms with Gasteiger partial charge in [-0.25, -0.2) is 5.32 Å². The molecule has 0 bridgehead atoms. The second kappa shape index (κ2) is 10.4. The number of ether oxygens (including phenoxy) is 1. The molecule has 1 heterocycles. The van der Waals surface area contributed by atoms with Gasteiger partial charge in [-0.15, -0.1) is 0 Å². The molecule has 1 aliphatic heterocycles. The second-order valence-corrected chi connectivity index (χ2v) is 5.22. The lowest BCUT2D eigenvalue weighted by atomic mass is 10.1. The van der Waals surface area contributed by atoms with Crippen LogP contribution in [0.4, 0.5) is 0 Å². The Labute approximate surface area is 112 Å². The van der Waals surface area contributed by atoms with Crippen LogP contribution in [0.25, 0.3) is 0 Å². The molecule has 3 heteroatoms. The summed E-state index contributed by atoms with van der Waals surface area (Å²) >= 11 is 0. The lowest BCUT2D eigenvalue weighted by Crippen LogP contribution is -2.32. The topological polar surface area (TPSA) is 40.4 Å². The van der Waals surface area contributed by atoms with Gasteiger partial charge in [-0.1, -0.05) is 45.4 Å². The van der Waals surface area contributed by atoms with Crippen LogP contribution in [0.15, 0.2) is 0 Å². The summed E-state index contributed by atoms with van der Waals surface area (Å²) in [5.41, 5.74) is 0. The van der Waals surface area contributed by atoms with E-state index < -0.39 is 0 Å². The second-order valence-electron chi connectivity index (χ2n) is 5.22. The minimum atomic E-state index is -0.143. The molecule has 0 saturated carbocycles. The molecule has 1 rings (SSSR count). The van der Waals surface area contributed by atoms with E-state index in [1.54, 1.807) is 0 Å². The van der Waals surface area contributed by atoms with Crippen molar-refractivity contribution < 1.29 is 9.53 Å². The van der Waals surface area contributed by atoms with Crippen LogP contribution in [0.1, 0.15) is 77.6 Å². The third kappa shape index (κ3) is 7.70. The zero-order valence-electron chi connectivity index (χ0n) is 11.8. The fraction of sp³-hybridized carbons (Fsp3) is 0.933. The number of hydrogen-bond donors (Lipinski definition) is 0. The Hall–Kier alpha value is -0.570. The molecule has 1 atom stereocenters. The summed E-state index contributed by atoms with van der Waals surface area (Å²) in [6.07, 6.45) is 12.3. The molecule has 1 unspecified atom stereocenters. The first-order valence-corrected chi connectivity index (χ1v) is 7.69. The van der Waals surface area contributed by atoms with E-state index in [0.29, 0.717) is 6.42 Å². The van der Waals surface area contributed by atoms with Crippen LogP contribution in [0.5, 0.6) is 0 Å². The zero-order chi connectivity index (χ0) is 13.1. The molecule has 1 saturated heterocycles. The molecule has 0 spiro atoms. The highest BCUT2D eigenvalue weighted by Crippen LogP contribution is 2.12. The van der Waals surface area contributed by atoms with Crippen molar-refractivity contribution in [1.82, 2.24) is 5.32 Å². The van der Waals surface area contributed by atoms with Crippen molar-refractivity contribution in [3.63, 3.8) is 0 Å². The van der Waals surface area contributed by atoms with Gasteiger partial charge in [0.25, 0.3) is 0 Å². The van der Waals surface area contributed by atoms with Gasteiger partial charge >= 0.3 is 5.97 Å². The Morgan fingerprint density at radius 1 is 1.11 bits per heavy atom. The summed E-state index contributed by atoms with van der Waals surface area (Å²) in [6.45, 7) is 3.09. The zero-order valence-corrected chi connectivity index (χ0v) is 11.8. The molecule has 0 aromatic heterocycles. The fourth-order valence-corrected chi connectivity index (χ4v) is 2.29. The molecule has 0 aromatic rings. The highest BCUT2D eigenvalue weighted by molar-refractivity contribution is 5.69. The maximum atomic E-state index is 11.6. The van der Waals surface area contributed by atoms with Gasteiger partial charge in [0.2, 0.25) is 0 Å². The first-order chi connectivity index (χ1) is 8.83. The predicted octanol–water partition coefficient (Wildman–Crippen LogP) is 3.78. The van der Waals surface area contributed by atoms with E-state index in [-0.39, 0.29) is 12.2 Å². The highest BCUT2D eigenvalue weighted by atomic mass is 16.6. The van der Waals surface area contributed by atoms with Gasteiger partial charge in [0.1, 0.15) is 0 Å². The van der Waals surface area contributed by atoms with Crippen molar-refractivity contribution in [2.75, 3.05) is 6.54 Å². The van der Waals surface area contributed by atoms with Crippen LogP contribution in [-0.4, -0.2) is 18.7 Å². The summed E-state index contributed by atoms with van der Waals surface area (Å²) < 4.78 is 5.33. The van der Waals surface area contributed by atoms with Crippen molar-refractivity contribution >= 4 is 5.97 Å². The Bertz CT molecular complexity index is 213. The highest BCUT2D eigenvalue weighted by Gasteiger charge is 2.17. The normalized spacial score (nSPS) is 19.7.